The van der Waals surface area contributed by atoms with Gasteiger partial charge in [-0.05, 0) is 66.2 Å². The summed E-state index contributed by atoms with van der Waals surface area (Å²) in [5, 5.41) is 17.0. The van der Waals surface area contributed by atoms with Gasteiger partial charge in [-0.15, -0.1) is 5.10 Å². The first kappa shape index (κ1) is 20.7. The van der Waals surface area contributed by atoms with Gasteiger partial charge in [-0.1, -0.05) is 53.7 Å². The highest BCUT2D eigenvalue weighted by molar-refractivity contribution is 7.99. The summed E-state index contributed by atoms with van der Waals surface area (Å²) in [5.41, 5.74) is 3.02. The lowest BCUT2D eigenvalue weighted by atomic mass is 10.1. The molecular weight excluding hydrogens is 418 g/mol. The molecule has 0 fully saturated rings. The summed E-state index contributed by atoms with van der Waals surface area (Å²) < 4.78 is 7.74. The standard InChI is InChI=1S/C22H22ClN5OS/c1-16-19(9-5-10-20(16)23)21-12-11-18(29-21)15-24-13-6-14-30-22-25-26-27-28(22)17-7-3-2-4-8-17/h2-5,7-12,24H,6,13-15H2,1H3. The number of hydrogen-bond acceptors (Lipinski definition) is 6. The third kappa shape index (κ3) is 4.92. The highest BCUT2D eigenvalue weighted by atomic mass is 35.5. The zero-order chi connectivity index (χ0) is 20.8. The van der Waals surface area contributed by atoms with E-state index >= 15 is 0 Å². The Hall–Kier alpha value is -2.61. The lowest BCUT2D eigenvalue weighted by Crippen LogP contribution is -2.14. The number of hydrogen-bond donors (Lipinski definition) is 1. The maximum absolute atomic E-state index is 6.21. The summed E-state index contributed by atoms with van der Waals surface area (Å²) in [6, 6.07) is 19.8. The Labute approximate surface area is 184 Å². The topological polar surface area (TPSA) is 68.8 Å². The third-order valence-electron chi connectivity index (χ3n) is 4.66. The predicted molar refractivity (Wildman–Crippen MR) is 120 cm³/mol. The maximum atomic E-state index is 6.21. The maximum Gasteiger partial charge on any atom is 0.214 e. The molecule has 0 aliphatic carbocycles. The van der Waals surface area contributed by atoms with Crippen LogP contribution in [0.4, 0.5) is 0 Å². The highest BCUT2D eigenvalue weighted by Crippen LogP contribution is 2.29. The Morgan fingerprint density at radius 3 is 2.80 bits per heavy atom. The number of thioether (sulfide) groups is 1. The quantitative estimate of drug-likeness (QED) is 0.287. The van der Waals surface area contributed by atoms with Gasteiger partial charge in [0.15, 0.2) is 0 Å². The van der Waals surface area contributed by atoms with Crippen molar-refractivity contribution < 1.29 is 4.42 Å². The summed E-state index contributed by atoms with van der Waals surface area (Å²) in [6.07, 6.45) is 0.993. The van der Waals surface area contributed by atoms with Gasteiger partial charge in [0.05, 0.1) is 12.2 Å². The van der Waals surface area contributed by atoms with Crippen molar-refractivity contribution in [3.63, 3.8) is 0 Å². The molecule has 0 amide bonds. The van der Waals surface area contributed by atoms with Crippen LogP contribution in [0.2, 0.25) is 5.02 Å². The van der Waals surface area contributed by atoms with Crippen LogP contribution in [0, 0.1) is 6.92 Å². The van der Waals surface area contributed by atoms with Crippen molar-refractivity contribution in [2.45, 2.75) is 25.0 Å². The number of benzene rings is 2. The molecule has 0 spiro atoms. The van der Waals surface area contributed by atoms with Gasteiger partial charge in [0.25, 0.3) is 0 Å². The first-order valence-corrected chi connectivity index (χ1v) is 11.1. The molecule has 2 heterocycles. The normalized spacial score (nSPS) is 11.1. The molecule has 4 rings (SSSR count). The van der Waals surface area contributed by atoms with Crippen molar-refractivity contribution in [3.8, 4) is 17.0 Å². The van der Waals surface area contributed by atoms with E-state index in [0.29, 0.717) is 6.54 Å². The lowest BCUT2D eigenvalue weighted by Gasteiger charge is -2.05. The van der Waals surface area contributed by atoms with Crippen LogP contribution in [-0.2, 0) is 6.54 Å². The molecule has 0 saturated heterocycles. The summed E-state index contributed by atoms with van der Waals surface area (Å²) in [7, 11) is 0. The number of tetrazole rings is 1. The van der Waals surface area contributed by atoms with Crippen molar-refractivity contribution in [1.29, 1.82) is 0 Å². The fourth-order valence-corrected chi connectivity index (χ4v) is 4.07. The van der Waals surface area contributed by atoms with E-state index in [1.807, 2.05) is 67.6 Å². The lowest BCUT2D eigenvalue weighted by molar-refractivity contribution is 0.493. The van der Waals surface area contributed by atoms with Crippen LogP contribution in [0.1, 0.15) is 17.7 Å². The molecule has 1 N–H and O–H groups in total. The fraction of sp³-hybridized carbons (Fsp3) is 0.227. The molecule has 2 aromatic heterocycles. The van der Waals surface area contributed by atoms with Crippen LogP contribution in [-0.4, -0.2) is 32.5 Å². The second-order valence-electron chi connectivity index (χ2n) is 6.77. The van der Waals surface area contributed by atoms with Crippen LogP contribution in [0.3, 0.4) is 0 Å². The molecule has 4 aromatic rings. The summed E-state index contributed by atoms with van der Waals surface area (Å²) in [5.74, 6) is 2.67. The second-order valence-corrected chi connectivity index (χ2v) is 8.24. The van der Waals surface area contributed by atoms with E-state index in [4.69, 9.17) is 16.0 Å². The van der Waals surface area contributed by atoms with E-state index in [9.17, 15) is 0 Å². The average molecular weight is 440 g/mol. The monoisotopic (exact) mass is 439 g/mol. The zero-order valence-corrected chi connectivity index (χ0v) is 18.2. The Morgan fingerprint density at radius 1 is 1.07 bits per heavy atom. The van der Waals surface area contributed by atoms with Crippen molar-refractivity contribution in [3.05, 3.63) is 77.0 Å². The second kappa shape index (κ2) is 9.93. The van der Waals surface area contributed by atoms with Gasteiger partial charge in [0, 0.05) is 16.3 Å². The Balaban J connectivity index is 1.22. The van der Waals surface area contributed by atoms with Gasteiger partial charge in [0.2, 0.25) is 5.16 Å². The Bertz CT molecular complexity index is 1100. The van der Waals surface area contributed by atoms with E-state index in [-0.39, 0.29) is 0 Å². The smallest absolute Gasteiger partial charge is 0.214 e. The first-order valence-electron chi connectivity index (χ1n) is 9.74. The summed E-state index contributed by atoms with van der Waals surface area (Å²) in [6.45, 7) is 3.57. The van der Waals surface area contributed by atoms with Crippen LogP contribution in [0.15, 0.2) is 70.2 Å². The van der Waals surface area contributed by atoms with E-state index in [1.54, 1.807) is 16.4 Å². The number of para-hydroxylation sites is 1. The van der Waals surface area contributed by atoms with E-state index < -0.39 is 0 Å². The molecule has 0 radical (unpaired) electrons. The highest BCUT2D eigenvalue weighted by Gasteiger charge is 2.10. The minimum Gasteiger partial charge on any atom is -0.460 e. The van der Waals surface area contributed by atoms with Crippen molar-refractivity contribution in [2.24, 2.45) is 0 Å². The number of furan rings is 1. The first-order chi connectivity index (χ1) is 14.7. The Kier molecular flexibility index (Phi) is 6.84. The predicted octanol–water partition coefficient (Wildman–Crippen LogP) is 5.16. The van der Waals surface area contributed by atoms with Crippen LogP contribution in [0.5, 0.6) is 0 Å². The number of aromatic nitrogens is 4. The molecule has 2 aromatic carbocycles. The zero-order valence-electron chi connectivity index (χ0n) is 16.6. The van der Waals surface area contributed by atoms with Gasteiger partial charge >= 0.3 is 0 Å². The van der Waals surface area contributed by atoms with Gasteiger partial charge in [-0.25, -0.2) is 0 Å². The van der Waals surface area contributed by atoms with Gasteiger partial charge in [-0.3, -0.25) is 0 Å². The summed E-state index contributed by atoms with van der Waals surface area (Å²) >= 11 is 7.86. The number of nitrogens with zero attached hydrogens (tertiary/aromatic N) is 4. The molecule has 8 heteroatoms. The molecule has 0 bridgehead atoms. The molecule has 0 saturated carbocycles. The number of halogens is 1. The third-order valence-corrected chi connectivity index (χ3v) is 6.08. The van der Waals surface area contributed by atoms with E-state index in [0.717, 1.165) is 57.2 Å². The van der Waals surface area contributed by atoms with Crippen LogP contribution < -0.4 is 5.32 Å². The fourth-order valence-electron chi connectivity index (χ4n) is 3.06. The van der Waals surface area contributed by atoms with Gasteiger partial charge in [-0.2, -0.15) is 4.68 Å². The Morgan fingerprint density at radius 2 is 1.93 bits per heavy atom. The van der Waals surface area contributed by atoms with Gasteiger partial charge < -0.3 is 9.73 Å². The molecule has 30 heavy (non-hydrogen) atoms. The number of nitrogens with one attached hydrogen (secondary N) is 1. The van der Waals surface area contributed by atoms with E-state index in [1.165, 1.54) is 0 Å². The van der Waals surface area contributed by atoms with Crippen LogP contribution >= 0.6 is 23.4 Å². The van der Waals surface area contributed by atoms with Crippen LogP contribution in [0.25, 0.3) is 17.0 Å². The minimum atomic E-state index is 0.687. The molecular formula is C22H22ClN5OS. The number of rotatable bonds is 9. The SMILES string of the molecule is Cc1c(Cl)cccc1-c1ccc(CNCCCSc2nnnn2-c2ccccc2)o1. The molecule has 154 valence electrons. The average Bonchev–Trinajstić information content (AvgIpc) is 3.43. The van der Waals surface area contributed by atoms with Gasteiger partial charge in [0.1, 0.15) is 11.5 Å². The van der Waals surface area contributed by atoms with Crippen molar-refractivity contribution >= 4 is 23.4 Å². The molecule has 0 atom stereocenters. The molecule has 0 aliphatic heterocycles. The minimum absolute atomic E-state index is 0.687. The molecule has 0 aliphatic rings. The molecule has 0 unspecified atom stereocenters. The van der Waals surface area contributed by atoms with E-state index in [2.05, 4.69) is 20.8 Å². The largest absolute Gasteiger partial charge is 0.460 e. The summed E-state index contributed by atoms with van der Waals surface area (Å²) in [4.78, 5) is 0. The van der Waals surface area contributed by atoms with Crippen molar-refractivity contribution in [1.82, 2.24) is 25.5 Å². The van der Waals surface area contributed by atoms with Crippen molar-refractivity contribution in [2.75, 3.05) is 12.3 Å². The molecule has 6 nitrogen and oxygen atoms in total.